The second-order valence-electron chi connectivity index (χ2n) is 3.91. The van der Waals surface area contributed by atoms with Crippen LogP contribution in [0.1, 0.15) is 29.1 Å². The minimum atomic E-state index is -1.09. The number of aliphatic hydroxyl groups is 1. The number of hydrogen-bond donors (Lipinski definition) is 2. The summed E-state index contributed by atoms with van der Waals surface area (Å²) in [5.74, 6) is -0.562. The molecule has 0 spiro atoms. The van der Waals surface area contributed by atoms with Crippen LogP contribution in [-0.2, 0) is 6.54 Å². The van der Waals surface area contributed by atoms with E-state index in [1.165, 1.54) is 6.07 Å². The Morgan fingerprint density at radius 2 is 2.38 bits per heavy atom. The molecule has 0 unspecified atom stereocenters. The zero-order valence-electron chi connectivity index (χ0n) is 8.80. The molecular weight excluding hydrogens is 212 g/mol. The Morgan fingerprint density at radius 3 is 2.88 bits per heavy atom. The molecule has 6 heteroatoms. The van der Waals surface area contributed by atoms with Crippen molar-refractivity contribution in [2.75, 3.05) is 13.2 Å². The average Bonchev–Trinajstić information content (AvgIpc) is 2.98. The minimum absolute atomic E-state index is 0.0743. The predicted molar refractivity (Wildman–Crippen MR) is 54.0 cm³/mol. The van der Waals surface area contributed by atoms with Crippen molar-refractivity contribution in [2.24, 2.45) is 0 Å². The van der Waals surface area contributed by atoms with Gasteiger partial charge >= 0.3 is 5.97 Å². The Morgan fingerprint density at radius 1 is 1.62 bits per heavy atom. The molecule has 0 saturated heterocycles. The SMILES string of the molecule is O=C(O)c1cc(CN(CCO)C2CC2)on1. The third kappa shape index (κ3) is 2.59. The van der Waals surface area contributed by atoms with E-state index >= 15 is 0 Å². The quantitative estimate of drug-likeness (QED) is 0.726. The Bertz CT molecular complexity index is 373. The summed E-state index contributed by atoms with van der Waals surface area (Å²) >= 11 is 0. The normalized spacial score (nSPS) is 15.6. The molecule has 0 bridgehead atoms. The summed E-state index contributed by atoms with van der Waals surface area (Å²) in [5, 5.41) is 21.0. The lowest BCUT2D eigenvalue weighted by molar-refractivity contribution is 0.0685. The van der Waals surface area contributed by atoms with E-state index in [1.807, 2.05) is 0 Å². The van der Waals surface area contributed by atoms with Crippen molar-refractivity contribution in [1.29, 1.82) is 0 Å². The van der Waals surface area contributed by atoms with Gasteiger partial charge in [0.25, 0.3) is 0 Å². The van der Waals surface area contributed by atoms with Crippen LogP contribution in [0.4, 0.5) is 0 Å². The molecule has 0 amide bonds. The molecule has 16 heavy (non-hydrogen) atoms. The van der Waals surface area contributed by atoms with Gasteiger partial charge in [-0.25, -0.2) is 4.79 Å². The van der Waals surface area contributed by atoms with Crippen molar-refractivity contribution in [3.8, 4) is 0 Å². The van der Waals surface area contributed by atoms with E-state index < -0.39 is 5.97 Å². The van der Waals surface area contributed by atoms with Crippen molar-refractivity contribution < 1.29 is 19.5 Å². The fourth-order valence-corrected chi connectivity index (χ4v) is 1.65. The fraction of sp³-hybridized carbons (Fsp3) is 0.600. The molecule has 0 aromatic carbocycles. The minimum Gasteiger partial charge on any atom is -0.476 e. The molecule has 1 heterocycles. The molecule has 2 N–H and O–H groups in total. The standard InChI is InChI=1S/C10H14N2O4/c13-4-3-12(7-1-2-7)6-8-5-9(10(14)15)11-16-8/h5,7,13H,1-4,6H2,(H,14,15). The maximum absolute atomic E-state index is 10.6. The molecule has 0 aliphatic heterocycles. The van der Waals surface area contributed by atoms with Gasteiger partial charge in [-0.1, -0.05) is 5.16 Å². The van der Waals surface area contributed by atoms with E-state index in [0.717, 1.165) is 12.8 Å². The third-order valence-corrected chi connectivity index (χ3v) is 2.59. The number of carboxylic acid groups (broad SMARTS) is 1. The topological polar surface area (TPSA) is 86.8 Å². The van der Waals surface area contributed by atoms with Crippen molar-refractivity contribution in [3.05, 3.63) is 17.5 Å². The molecule has 6 nitrogen and oxygen atoms in total. The molecule has 2 rings (SSSR count). The molecule has 1 saturated carbocycles. The number of carbonyl (C=O) groups is 1. The first-order chi connectivity index (χ1) is 7.70. The summed E-state index contributed by atoms with van der Waals surface area (Å²) in [6.45, 7) is 1.18. The van der Waals surface area contributed by atoms with Crippen molar-refractivity contribution in [1.82, 2.24) is 10.1 Å². The van der Waals surface area contributed by atoms with Crippen LogP contribution in [0.15, 0.2) is 10.6 Å². The van der Waals surface area contributed by atoms with Crippen molar-refractivity contribution in [2.45, 2.75) is 25.4 Å². The maximum Gasteiger partial charge on any atom is 0.358 e. The molecule has 1 aliphatic rings. The highest BCUT2D eigenvalue weighted by Gasteiger charge is 2.29. The fourth-order valence-electron chi connectivity index (χ4n) is 1.65. The van der Waals surface area contributed by atoms with Gasteiger partial charge in [-0.3, -0.25) is 4.90 Å². The summed E-state index contributed by atoms with van der Waals surface area (Å²) in [6.07, 6.45) is 2.25. The summed E-state index contributed by atoms with van der Waals surface area (Å²) in [4.78, 5) is 12.7. The van der Waals surface area contributed by atoms with Gasteiger partial charge in [0.1, 0.15) is 0 Å². The summed E-state index contributed by atoms with van der Waals surface area (Å²) in [6, 6.07) is 1.92. The van der Waals surface area contributed by atoms with E-state index in [0.29, 0.717) is 24.9 Å². The van der Waals surface area contributed by atoms with Crippen LogP contribution in [0.25, 0.3) is 0 Å². The second-order valence-corrected chi connectivity index (χ2v) is 3.91. The first-order valence-electron chi connectivity index (χ1n) is 5.24. The van der Waals surface area contributed by atoms with Crippen LogP contribution in [0.2, 0.25) is 0 Å². The lowest BCUT2D eigenvalue weighted by Crippen LogP contribution is -2.28. The highest BCUT2D eigenvalue weighted by molar-refractivity contribution is 5.85. The average molecular weight is 226 g/mol. The summed E-state index contributed by atoms with van der Waals surface area (Å²) in [7, 11) is 0. The highest BCUT2D eigenvalue weighted by atomic mass is 16.5. The third-order valence-electron chi connectivity index (χ3n) is 2.59. The molecule has 1 aromatic rings. The van der Waals surface area contributed by atoms with Crippen molar-refractivity contribution in [3.63, 3.8) is 0 Å². The zero-order chi connectivity index (χ0) is 11.5. The van der Waals surface area contributed by atoms with Gasteiger partial charge in [0.05, 0.1) is 13.2 Å². The predicted octanol–water partition coefficient (Wildman–Crippen LogP) is 0.329. The van der Waals surface area contributed by atoms with Gasteiger partial charge < -0.3 is 14.7 Å². The van der Waals surface area contributed by atoms with Gasteiger partial charge in [-0.2, -0.15) is 0 Å². The van der Waals surface area contributed by atoms with Crippen LogP contribution in [0.5, 0.6) is 0 Å². The summed E-state index contributed by atoms with van der Waals surface area (Å²) < 4.78 is 4.93. The van der Waals surface area contributed by atoms with Gasteiger partial charge in [-0.05, 0) is 12.8 Å². The molecule has 1 aliphatic carbocycles. The van der Waals surface area contributed by atoms with E-state index in [4.69, 9.17) is 14.7 Å². The first-order valence-corrected chi connectivity index (χ1v) is 5.24. The Balaban J connectivity index is 1.97. The number of aromatic nitrogens is 1. The lowest BCUT2D eigenvalue weighted by atomic mass is 10.3. The number of aliphatic hydroxyl groups excluding tert-OH is 1. The molecule has 1 aromatic heterocycles. The van der Waals surface area contributed by atoms with E-state index in [1.54, 1.807) is 0 Å². The maximum atomic E-state index is 10.6. The van der Waals surface area contributed by atoms with Gasteiger partial charge in [0.15, 0.2) is 11.5 Å². The van der Waals surface area contributed by atoms with Gasteiger partial charge in [0, 0.05) is 18.7 Å². The first kappa shape index (κ1) is 11.1. The monoisotopic (exact) mass is 226 g/mol. The van der Waals surface area contributed by atoms with Crippen LogP contribution >= 0.6 is 0 Å². The van der Waals surface area contributed by atoms with E-state index in [2.05, 4.69) is 10.1 Å². The Kier molecular flexibility index (Phi) is 3.21. The number of hydrogen-bond acceptors (Lipinski definition) is 5. The van der Waals surface area contributed by atoms with Crippen LogP contribution in [-0.4, -0.2) is 45.4 Å². The molecule has 0 atom stereocenters. The lowest BCUT2D eigenvalue weighted by Gasteiger charge is -2.18. The van der Waals surface area contributed by atoms with Crippen LogP contribution in [0, 0.1) is 0 Å². The van der Waals surface area contributed by atoms with E-state index in [-0.39, 0.29) is 12.3 Å². The van der Waals surface area contributed by atoms with Crippen molar-refractivity contribution >= 4 is 5.97 Å². The molecule has 88 valence electrons. The zero-order valence-corrected chi connectivity index (χ0v) is 8.80. The number of carboxylic acids is 1. The molecule has 0 radical (unpaired) electrons. The number of rotatable bonds is 6. The molecular formula is C10H14N2O4. The van der Waals surface area contributed by atoms with E-state index in [9.17, 15) is 4.79 Å². The Hall–Kier alpha value is -1.40. The van der Waals surface area contributed by atoms with Crippen LogP contribution in [0.3, 0.4) is 0 Å². The molecule has 1 fully saturated rings. The highest BCUT2D eigenvalue weighted by Crippen LogP contribution is 2.27. The second kappa shape index (κ2) is 4.63. The van der Waals surface area contributed by atoms with Gasteiger partial charge in [-0.15, -0.1) is 0 Å². The summed E-state index contributed by atoms with van der Waals surface area (Å²) in [5.41, 5.74) is -0.0743. The largest absolute Gasteiger partial charge is 0.476 e. The smallest absolute Gasteiger partial charge is 0.358 e. The van der Waals surface area contributed by atoms with Gasteiger partial charge in [0.2, 0.25) is 0 Å². The number of nitrogens with zero attached hydrogens (tertiary/aromatic N) is 2. The van der Waals surface area contributed by atoms with Crippen LogP contribution < -0.4 is 0 Å². The number of aromatic carboxylic acids is 1. The Labute approximate surface area is 92.5 Å².